The Balaban J connectivity index is 1.19. The third-order valence-corrected chi connectivity index (χ3v) is 5.55. The number of hydrogen-bond acceptors (Lipinski definition) is 3. The maximum Gasteiger partial charge on any atom is 0.227 e. The van der Waals surface area contributed by atoms with E-state index in [4.69, 9.17) is 0 Å². The highest BCUT2D eigenvalue weighted by Gasteiger charge is 2.22. The molecule has 1 saturated heterocycles. The Kier molecular flexibility index (Phi) is 4.33. The fourth-order valence-electron chi connectivity index (χ4n) is 4.00. The van der Waals surface area contributed by atoms with Crippen LogP contribution in [0.25, 0.3) is 21.9 Å². The van der Waals surface area contributed by atoms with Crippen molar-refractivity contribution in [2.24, 2.45) is 0 Å². The lowest BCUT2D eigenvalue weighted by atomic mass is 10.1. The van der Waals surface area contributed by atoms with Gasteiger partial charge in [0.15, 0.2) is 0 Å². The Morgan fingerprint density at radius 2 is 1.71 bits per heavy atom. The van der Waals surface area contributed by atoms with E-state index >= 15 is 0 Å². The summed E-state index contributed by atoms with van der Waals surface area (Å²) in [5.74, 6) is 1.19. The maximum atomic E-state index is 12.8. The van der Waals surface area contributed by atoms with Crippen molar-refractivity contribution in [3.05, 3.63) is 66.1 Å². The zero-order chi connectivity index (χ0) is 18.9. The molecule has 6 heteroatoms. The molecular formula is C22H23N5O. The van der Waals surface area contributed by atoms with E-state index in [1.54, 1.807) is 0 Å². The third kappa shape index (κ3) is 3.27. The number of nitrogens with zero attached hydrogens (tertiary/aromatic N) is 3. The van der Waals surface area contributed by atoms with Crippen molar-refractivity contribution in [2.45, 2.75) is 13.0 Å². The number of carbonyl (C=O) groups excluding carboxylic acids is 1. The van der Waals surface area contributed by atoms with Gasteiger partial charge in [0.2, 0.25) is 5.91 Å². The van der Waals surface area contributed by atoms with Crippen molar-refractivity contribution in [1.29, 1.82) is 0 Å². The first-order valence-electron chi connectivity index (χ1n) is 9.75. The van der Waals surface area contributed by atoms with Crippen LogP contribution in [0.5, 0.6) is 0 Å². The minimum absolute atomic E-state index is 0.202. The Labute approximate surface area is 163 Å². The number of aromatic nitrogens is 3. The predicted octanol–water partition coefficient (Wildman–Crippen LogP) is 2.93. The fraction of sp³-hybridized carbons (Fsp3) is 0.273. The molecule has 6 nitrogen and oxygen atoms in total. The van der Waals surface area contributed by atoms with Gasteiger partial charge in [0, 0.05) is 43.3 Å². The Morgan fingerprint density at radius 3 is 2.54 bits per heavy atom. The number of benzene rings is 2. The van der Waals surface area contributed by atoms with E-state index in [0.29, 0.717) is 6.42 Å². The largest absolute Gasteiger partial charge is 0.361 e. The molecule has 1 aliphatic rings. The number of fused-ring (bicyclic) bond motifs is 2. The molecule has 0 spiro atoms. The van der Waals surface area contributed by atoms with E-state index in [1.807, 2.05) is 53.6 Å². The van der Waals surface area contributed by atoms with Crippen molar-refractivity contribution < 1.29 is 4.79 Å². The van der Waals surface area contributed by atoms with Gasteiger partial charge in [-0.2, -0.15) is 0 Å². The van der Waals surface area contributed by atoms with Crippen molar-refractivity contribution in [3.63, 3.8) is 0 Å². The van der Waals surface area contributed by atoms with Gasteiger partial charge in [0.1, 0.15) is 5.82 Å². The minimum Gasteiger partial charge on any atom is -0.361 e. The third-order valence-electron chi connectivity index (χ3n) is 5.55. The van der Waals surface area contributed by atoms with Gasteiger partial charge in [-0.15, -0.1) is 0 Å². The van der Waals surface area contributed by atoms with Crippen LogP contribution in [0.15, 0.2) is 54.7 Å². The number of aromatic amines is 2. The number of amides is 1. The molecule has 1 amide bonds. The van der Waals surface area contributed by atoms with Crippen molar-refractivity contribution in [3.8, 4) is 0 Å². The zero-order valence-corrected chi connectivity index (χ0v) is 15.7. The molecule has 0 saturated carbocycles. The lowest BCUT2D eigenvalue weighted by Crippen LogP contribution is -2.48. The predicted molar refractivity (Wildman–Crippen MR) is 110 cm³/mol. The molecule has 0 atom stereocenters. The smallest absolute Gasteiger partial charge is 0.227 e. The highest BCUT2D eigenvalue weighted by Crippen LogP contribution is 2.19. The first kappa shape index (κ1) is 17.0. The molecule has 0 radical (unpaired) electrons. The van der Waals surface area contributed by atoms with Gasteiger partial charge in [-0.25, -0.2) is 4.98 Å². The number of para-hydroxylation sites is 3. The standard InChI is InChI=1S/C22H23N5O/c28-22(13-16-14-23-18-6-2-1-5-17(16)18)27-11-9-26(10-12-27)15-21-24-19-7-3-4-8-20(19)25-21/h1-8,14,23H,9-13,15H2,(H,24,25). The molecule has 2 aromatic heterocycles. The molecule has 5 rings (SSSR count). The van der Waals surface area contributed by atoms with E-state index in [9.17, 15) is 4.79 Å². The van der Waals surface area contributed by atoms with Crippen molar-refractivity contribution in [2.75, 3.05) is 26.2 Å². The molecule has 0 aliphatic carbocycles. The van der Waals surface area contributed by atoms with Gasteiger partial charge in [-0.3, -0.25) is 9.69 Å². The summed E-state index contributed by atoms with van der Waals surface area (Å²) in [6.45, 7) is 4.06. The van der Waals surface area contributed by atoms with Gasteiger partial charge in [0.25, 0.3) is 0 Å². The molecule has 2 N–H and O–H groups in total. The van der Waals surface area contributed by atoms with Crippen LogP contribution >= 0.6 is 0 Å². The molecule has 4 aromatic rings. The summed E-state index contributed by atoms with van der Waals surface area (Å²) >= 11 is 0. The maximum absolute atomic E-state index is 12.8. The minimum atomic E-state index is 0.202. The summed E-state index contributed by atoms with van der Waals surface area (Å²) in [4.78, 5) is 28.4. The number of imidazole rings is 1. The summed E-state index contributed by atoms with van der Waals surface area (Å²) in [7, 11) is 0. The summed E-state index contributed by atoms with van der Waals surface area (Å²) < 4.78 is 0. The van der Waals surface area contributed by atoms with E-state index in [0.717, 1.165) is 66.0 Å². The average molecular weight is 373 g/mol. The Bertz CT molecular complexity index is 1090. The molecule has 28 heavy (non-hydrogen) atoms. The van der Waals surface area contributed by atoms with Crippen LogP contribution < -0.4 is 0 Å². The lowest BCUT2D eigenvalue weighted by Gasteiger charge is -2.34. The molecule has 142 valence electrons. The SMILES string of the molecule is O=C(Cc1c[nH]c2ccccc12)N1CCN(Cc2nc3ccccc3[nH]2)CC1. The van der Waals surface area contributed by atoms with Crippen LogP contribution in [0.4, 0.5) is 0 Å². The summed E-state index contributed by atoms with van der Waals surface area (Å²) in [5, 5.41) is 1.14. The molecule has 0 bridgehead atoms. The van der Waals surface area contributed by atoms with E-state index in [-0.39, 0.29) is 5.91 Å². The van der Waals surface area contributed by atoms with Crippen LogP contribution in [0.3, 0.4) is 0 Å². The van der Waals surface area contributed by atoms with E-state index in [1.165, 1.54) is 0 Å². The topological polar surface area (TPSA) is 68.0 Å². The Hall–Kier alpha value is -3.12. The lowest BCUT2D eigenvalue weighted by molar-refractivity contribution is -0.132. The highest BCUT2D eigenvalue weighted by atomic mass is 16.2. The average Bonchev–Trinajstić information content (AvgIpc) is 3.32. The normalized spacial score (nSPS) is 15.5. The molecule has 3 heterocycles. The number of H-pyrrole nitrogens is 2. The monoisotopic (exact) mass is 373 g/mol. The number of carbonyl (C=O) groups is 1. The van der Waals surface area contributed by atoms with Gasteiger partial charge < -0.3 is 14.9 Å². The number of nitrogens with one attached hydrogen (secondary N) is 2. The number of piperazine rings is 1. The second kappa shape index (κ2) is 7.13. The molecule has 1 aliphatic heterocycles. The summed E-state index contributed by atoms with van der Waals surface area (Å²) in [5.41, 5.74) is 4.24. The van der Waals surface area contributed by atoms with Crippen LogP contribution in [0.2, 0.25) is 0 Å². The second-order valence-electron chi connectivity index (χ2n) is 7.39. The molecule has 2 aromatic carbocycles. The second-order valence-corrected chi connectivity index (χ2v) is 7.39. The van der Waals surface area contributed by atoms with Crippen LogP contribution in [0.1, 0.15) is 11.4 Å². The molecule has 0 unspecified atom stereocenters. The quantitative estimate of drug-likeness (QED) is 0.578. The Morgan fingerprint density at radius 1 is 0.964 bits per heavy atom. The summed E-state index contributed by atoms with van der Waals surface area (Å²) in [6.07, 6.45) is 2.41. The van der Waals surface area contributed by atoms with Crippen molar-refractivity contribution >= 4 is 27.8 Å². The highest BCUT2D eigenvalue weighted by molar-refractivity contribution is 5.88. The number of rotatable bonds is 4. The van der Waals surface area contributed by atoms with Crippen LogP contribution in [-0.2, 0) is 17.8 Å². The van der Waals surface area contributed by atoms with Crippen LogP contribution in [0, 0.1) is 0 Å². The molecular weight excluding hydrogens is 350 g/mol. The van der Waals surface area contributed by atoms with E-state index in [2.05, 4.69) is 25.9 Å². The fourth-order valence-corrected chi connectivity index (χ4v) is 4.00. The number of hydrogen-bond donors (Lipinski definition) is 2. The van der Waals surface area contributed by atoms with Gasteiger partial charge >= 0.3 is 0 Å². The zero-order valence-electron chi connectivity index (χ0n) is 15.7. The molecule has 1 fully saturated rings. The van der Waals surface area contributed by atoms with Gasteiger partial charge in [-0.05, 0) is 23.8 Å². The summed E-state index contributed by atoms with van der Waals surface area (Å²) in [6, 6.07) is 16.2. The van der Waals surface area contributed by atoms with E-state index < -0.39 is 0 Å². The van der Waals surface area contributed by atoms with Crippen LogP contribution in [-0.4, -0.2) is 56.8 Å². The van der Waals surface area contributed by atoms with Crippen molar-refractivity contribution in [1.82, 2.24) is 24.8 Å². The first-order valence-corrected chi connectivity index (χ1v) is 9.75. The van der Waals surface area contributed by atoms with Gasteiger partial charge in [0.05, 0.1) is 24.0 Å². The first-order chi connectivity index (χ1) is 13.8. The van der Waals surface area contributed by atoms with Gasteiger partial charge in [-0.1, -0.05) is 30.3 Å².